The zero-order chi connectivity index (χ0) is 23.3. The van der Waals surface area contributed by atoms with Crippen LogP contribution in [0.2, 0.25) is 0 Å². The summed E-state index contributed by atoms with van der Waals surface area (Å²) in [4.78, 5) is 3.93. The lowest BCUT2D eigenvalue weighted by molar-refractivity contribution is -0.0703. The van der Waals surface area contributed by atoms with Gasteiger partial charge >= 0.3 is 12.1 Å². The fraction of sp³-hybridized carbons (Fsp3) is 0.0741. The van der Waals surface area contributed by atoms with Crippen molar-refractivity contribution in [1.82, 2.24) is 0 Å². The van der Waals surface area contributed by atoms with Crippen LogP contribution in [-0.2, 0) is 4.52 Å². The first-order valence-electron chi connectivity index (χ1n) is 10.4. The molecule has 4 rings (SSSR count). The van der Waals surface area contributed by atoms with E-state index in [0.29, 0.717) is 15.9 Å². The van der Waals surface area contributed by atoms with E-state index in [1.807, 2.05) is 97.9 Å². The van der Waals surface area contributed by atoms with Gasteiger partial charge in [-0.3, -0.25) is 0 Å². The molecule has 4 aromatic carbocycles. The Kier molecular flexibility index (Phi) is 6.62. The van der Waals surface area contributed by atoms with Crippen LogP contribution in [0.4, 0.5) is 18.9 Å². The molecule has 0 unspecified atom stereocenters. The summed E-state index contributed by atoms with van der Waals surface area (Å²) in [7, 11) is -3.20. The molecule has 0 amide bonds. The lowest BCUT2D eigenvalue weighted by Crippen LogP contribution is -2.38. The minimum absolute atomic E-state index is 0.181. The number of halogens is 3. The number of hydrogen-bond acceptors (Lipinski definition) is 2. The SMILES string of the molecule is Cc1ccc(N=C(O[P+](c2ccccc2)(c2ccccc2)c2ccccc2)C(F)(F)F)cc1. The molecule has 0 bridgehead atoms. The van der Waals surface area contributed by atoms with Crippen LogP contribution in [0.5, 0.6) is 0 Å². The summed E-state index contributed by atoms with van der Waals surface area (Å²) >= 11 is 0. The number of hydrogen-bond donors (Lipinski definition) is 0. The van der Waals surface area contributed by atoms with Crippen molar-refractivity contribution in [1.29, 1.82) is 0 Å². The molecule has 166 valence electrons. The molecule has 6 heteroatoms. The van der Waals surface area contributed by atoms with E-state index in [4.69, 9.17) is 4.52 Å². The van der Waals surface area contributed by atoms with E-state index < -0.39 is 19.6 Å². The highest BCUT2D eigenvalue weighted by Crippen LogP contribution is 2.57. The minimum atomic E-state index is -4.78. The molecule has 0 atom stereocenters. The van der Waals surface area contributed by atoms with E-state index in [9.17, 15) is 13.2 Å². The lowest BCUT2D eigenvalue weighted by atomic mass is 10.2. The van der Waals surface area contributed by atoms with Gasteiger partial charge in [0.05, 0.1) is 5.69 Å². The minimum Gasteiger partial charge on any atom is -0.309 e. The molecule has 0 spiro atoms. The topological polar surface area (TPSA) is 21.6 Å². The number of aliphatic imine (C=N–C) groups is 1. The third-order valence-electron chi connectivity index (χ3n) is 5.09. The zero-order valence-corrected chi connectivity index (χ0v) is 18.8. The van der Waals surface area contributed by atoms with Crippen LogP contribution in [-0.4, -0.2) is 12.1 Å². The molecule has 33 heavy (non-hydrogen) atoms. The Hall–Kier alpha value is -3.43. The molecule has 4 aromatic rings. The Morgan fingerprint density at radius 1 is 0.636 bits per heavy atom. The summed E-state index contributed by atoms with van der Waals surface area (Å²) in [5.41, 5.74) is 1.11. The quantitative estimate of drug-likeness (QED) is 0.187. The van der Waals surface area contributed by atoms with Crippen molar-refractivity contribution in [3.8, 4) is 0 Å². The van der Waals surface area contributed by atoms with Gasteiger partial charge < -0.3 is 4.52 Å². The molecule has 0 saturated carbocycles. The van der Waals surface area contributed by atoms with Gasteiger partial charge in [-0.25, -0.2) is 4.99 Å². The lowest BCUT2D eigenvalue weighted by Gasteiger charge is -2.27. The summed E-state index contributed by atoms with van der Waals surface area (Å²) < 4.78 is 49.1. The summed E-state index contributed by atoms with van der Waals surface area (Å²) in [6.07, 6.45) is -4.78. The fourth-order valence-electron chi connectivity index (χ4n) is 3.52. The Balaban J connectivity index is 1.98. The van der Waals surface area contributed by atoms with Crippen LogP contribution < -0.4 is 15.9 Å². The summed E-state index contributed by atoms with van der Waals surface area (Å²) in [5.74, 6) is -1.27. The zero-order valence-electron chi connectivity index (χ0n) is 17.9. The van der Waals surface area contributed by atoms with Gasteiger partial charge in [-0.05, 0) is 55.5 Å². The molecule has 0 heterocycles. The number of rotatable bonds is 5. The van der Waals surface area contributed by atoms with Crippen molar-refractivity contribution >= 4 is 35.0 Å². The maximum atomic E-state index is 14.3. The van der Waals surface area contributed by atoms with Crippen molar-refractivity contribution in [3.63, 3.8) is 0 Å². The van der Waals surface area contributed by atoms with Gasteiger partial charge in [0.15, 0.2) is 0 Å². The number of aryl methyl sites for hydroxylation is 1. The second kappa shape index (κ2) is 9.60. The highest BCUT2D eigenvalue weighted by atomic mass is 31.2. The summed E-state index contributed by atoms with van der Waals surface area (Å²) in [6.45, 7) is 1.87. The van der Waals surface area contributed by atoms with E-state index in [1.165, 1.54) is 0 Å². The number of benzene rings is 4. The van der Waals surface area contributed by atoms with Gasteiger partial charge in [0, 0.05) is 0 Å². The van der Waals surface area contributed by atoms with E-state index >= 15 is 0 Å². The molecule has 0 aromatic heterocycles. The smallest absolute Gasteiger partial charge is 0.309 e. The molecule has 0 radical (unpaired) electrons. The van der Waals surface area contributed by atoms with Gasteiger partial charge in [0.1, 0.15) is 15.9 Å². The van der Waals surface area contributed by atoms with Crippen LogP contribution in [0.1, 0.15) is 5.56 Å². The van der Waals surface area contributed by atoms with Crippen molar-refractivity contribution < 1.29 is 17.7 Å². The molecule has 2 nitrogen and oxygen atoms in total. The second-order valence-corrected chi connectivity index (χ2v) is 10.4. The standard InChI is InChI=1S/C27H22F3NOP/c1-21-17-19-22(20-18-21)31-26(27(28,29)30)32-33(23-11-5-2-6-12-23,24-13-7-3-8-14-24)25-15-9-4-10-16-25/h2-20H,1H3/q+1. The highest BCUT2D eigenvalue weighted by Gasteiger charge is 2.55. The van der Waals surface area contributed by atoms with E-state index in [-0.39, 0.29) is 5.69 Å². The number of alkyl halides is 3. The van der Waals surface area contributed by atoms with Gasteiger partial charge in [0.2, 0.25) is 0 Å². The average Bonchev–Trinajstić information content (AvgIpc) is 2.84. The normalized spacial score (nSPS) is 12.4. The maximum Gasteiger partial charge on any atom is 0.473 e. The van der Waals surface area contributed by atoms with E-state index in [0.717, 1.165) is 5.56 Å². The fourth-order valence-corrected chi connectivity index (χ4v) is 6.91. The molecule has 0 saturated heterocycles. The summed E-state index contributed by atoms with van der Waals surface area (Å²) in [5, 5.41) is 2.01. The van der Waals surface area contributed by atoms with Crippen LogP contribution in [0.25, 0.3) is 0 Å². The van der Waals surface area contributed by atoms with Gasteiger partial charge in [0.25, 0.3) is 7.49 Å². The largest absolute Gasteiger partial charge is 0.473 e. The average molecular weight is 464 g/mol. The van der Waals surface area contributed by atoms with Crippen molar-refractivity contribution in [2.45, 2.75) is 13.1 Å². The van der Waals surface area contributed by atoms with Crippen LogP contribution in [0.3, 0.4) is 0 Å². The molecule has 0 fully saturated rings. The van der Waals surface area contributed by atoms with Gasteiger partial charge in [-0.1, -0.05) is 72.3 Å². The van der Waals surface area contributed by atoms with Crippen molar-refractivity contribution in [2.24, 2.45) is 4.99 Å². The van der Waals surface area contributed by atoms with Crippen molar-refractivity contribution in [2.75, 3.05) is 0 Å². The van der Waals surface area contributed by atoms with E-state index in [2.05, 4.69) is 4.99 Å². The van der Waals surface area contributed by atoms with Gasteiger partial charge in [-0.2, -0.15) is 13.2 Å². The van der Waals surface area contributed by atoms with Gasteiger partial charge in [-0.15, -0.1) is 0 Å². The molecule has 0 N–H and O–H groups in total. The van der Waals surface area contributed by atoms with Crippen LogP contribution in [0, 0.1) is 6.92 Å². The Morgan fingerprint density at radius 3 is 1.39 bits per heavy atom. The molecule has 0 aliphatic rings. The Bertz CT molecular complexity index is 1110. The first kappa shape index (κ1) is 22.8. The number of nitrogens with zero attached hydrogens (tertiary/aromatic N) is 1. The second-order valence-electron chi connectivity index (χ2n) is 7.46. The third-order valence-corrected chi connectivity index (χ3v) is 8.61. The molecular formula is C27H22F3NOP+. The predicted octanol–water partition coefficient (Wildman–Crippen LogP) is 6.51. The monoisotopic (exact) mass is 464 g/mol. The van der Waals surface area contributed by atoms with Crippen molar-refractivity contribution in [3.05, 3.63) is 121 Å². The molecular weight excluding hydrogens is 442 g/mol. The van der Waals surface area contributed by atoms with Crippen LogP contribution in [0.15, 0.2) is 120 Å². The molecule has 0 aliphatic carbocycles. The first-order valence-corrected chi connectivity index (χ1v) is 12.1. The predicted molar refractivity (Wildman–Crippen MR) is 131 cm³/mol. The first-order chi connectivity index (χ1) is 15.9. The summed E-state index contributed by atoms with van der Waals surface area (Å²) in [6, 6.07) is 33.8. The van der Waals surface area contributed by atoms with Crippen LogP contribution >= 0.6 is 7.49 Å². The molecule has 0 aliphatic heterocycles. The maximum absolute atomic E-state index is 14.3. The third kappa shape index (κ3) is 4.99. The highest BCUT2D eigenvalue weighted by molar-refractivity contribution is 7.92. The Morgan fingerprint density at radius 2 is 1.03 bits per heavy atom. The van der Waals surface area contributed by atoms with E-state index in [1.54, 1.807) is 24.3 Å². The Labute approximate surface area is 191 Å².